The average Bonchev–Trinajstić information content (AvgIpc) is 2.16. The highest BCUT2D eigenvalue weighted by Gasteiger charge is 2.27. The number of nitro benzene ring substituents is 2. The Bertz CT molecular complexity index is 390. The quantitative estimate of drug-likeness (QED) is 0.539. The van der Waals surface area contributed by atoms with Crippen molar-refractivity contribution in [3.8, 4) is 0 Å². The Morgan fingerprint density at radius 3 is 2.21 bits per heavy atom. The van der Waals surface area contributed by atoms with Gasteiger partial charge in [-0.15, -0.1) is 0 Å². The molecule has 1 aromatic carbocycles. The molecule has 0 bridgehead atoms. The first kappa shape index (κ1) is 10.1. The maximum Gasteiger partial charge on any atom is 0.351 e. The van der Waals surface area contributed by atoms with Crippen LogP contribution in [0.3, 0.4) is 0 Å². The average molecular weight is 197 g/mol. The summed E-state index contributed by atoms with van der Waals surface area (Å²) in [6.45, 7) is -0.849. The first-order valence-corrected chi connectivity index (χ1v) is 3.56. The molecule has 73 valence electrons. The molecule has 0 aliphatic heterocycles. The van der Waals surface area contributed by atoms with E-state index < -0.39 is 27.8 Å². The number of hydrogen-bond acceptors (Lipinski definition) is 4. The van der Waals surface area contributed by atoms with E-state index in [1.165, 1.54) is 12.1 Å². The van der Waals surface area contributed by atoms with Crippen molar-refractivity contribution in [1.82, 2.24) is 0 Å². The summed E-state index contributed by atoms with van der Waals surface area (Å²) in [6.07, 6.45) is 0. The zero-order valence-electron chi connectivity index (χ0n) is 6.87. The minimum absolute atomic E-state index is 0.177. The fourth-order valence-electron chi connectivity index (χ4n) is 1.05. The molecule has 0 aromatic heterocycles. The largest absolute Gasteiger partial charge is 0.351 e. The van der Waals surface area contributed by atoms with Gasteiger partial charge in [0.15, 0.2) is 0 Å². The summed E-state index contributed by atoms with van der Waals surface area (Å²) >= 11 is 0. The van der Waals surface area contributed by atoms with Gasteiger partial charge in [0.2, 0.25) is 0 Å². The molecule has 0 N–H and O–H groups in total. The minimum Gasteiger partial charge on any atom is -0.258 e. The number of para-hydroxylation sites is 1. The second-order valence-electron chi connectivity index (χ2n) is 2.44. The number of nitrogens with zero attached hydrogens (tertiary/aromatic N) is 2. The first-order chi connectivity index (χ1) is 6.57. The van der Waals surface area contributed by atoms with Crippen molar-refractivity contribution in [2.75, 3.05) is 0 Å². The van der Waals surface area contributed by atoms with E-state index in [1.807, 2.05) is 0 Å². The molecular formula is C7H5N2O5. The van der Waals surface area contributed by atoms with Gasteiger partial charge in [-0.3, -0.25) is 20.2 Å². The van der Waals surface area contributed by atoms with Gasteiger partial charge in [0.1, 0.15) is 6.61 Å². The molecule has 0 saturated heterocycles. The molecule has 0 saturated carbocycles. The molecule has 0 aliphatic rings. The van der Waals surface area contributed by atoms with E-state index in [9.17, 15) is 25.3 Å². The molecule has 0 aliphatic carbocycles. The molecule has 0 amide bonds. The summed E-state index contributed by atoms with van der Waals surface area (Å²) < 4.78 is 0. The van der Waals surface area contributed by atoms with E-state index in [0.29, 0.717) is 0 Å². The van der Waals surface area contributed by atoms with E-state index in [1.54, 1.807) is 0 Å². The topological polar surface area (TPSA) is 106 Å². The summed E-state index contributed by atoms with van der Waals surface area (Å²) in [5.41, 5.74) is -1.54. The Kier molecular flexibility index (Phi) is 2.73. The molecule has 1 radical (unpaired) electrons. The highest BCUT2D eigenvalue weighted by Crippen LogP contribution is 2.30. The Labute approximate surface area is 77.9 Å². The highest BCUT2D eigenvalue weighted by molar-refractivity contribution is 5.57. The molecular weight excluding hydrogens is 192 g/mol. The van der Waals surface area contributed by atoms with Crippen molar-refractivity contribution in [3.63, 3.8) is 0 Å². The molecule has 7 heteroatoms. The van der Waals surface area contributed by atoms with Gasteiger partial charge in [-0.2, -0.15) is 0 Å². The summed E-state index contributed by atoms with van der Waals surface area (Å²) in [6, 6.07) is 3.45. The molecule has 7 nitrogen and oxygen atoms in total. The lowest BCUT2D eigenvalue weighted by Crippen LogP contribution is -2.00. The van der Waals surface area contributed by atoms with Gasteiger partial charge in [0, 0.05) is 6.07 Å². The standard InChI is InChI=1S/C7H5N2O5/c10-4-5-2-1-3-6(8(11)12)7(5)9(13)14/h1-3H,4H2. The van der Waals surface area contributed by atoms with Crippen molar-refractivity contribution < 1.29 is 15.0 Å². The normalized spacial score (nSPS) is 9.79. The van der Waals surface area contributed by atoms with Crippen LogP contribution in [0, 0.1) is 20.2 Å². The Morgan fingerprint density at radius 1 is 1.14 bits per heavy atom. The molecule has 0 atom stereocenters. The van der Waals surface area contributed by atoms with Gasteiger partial charge < -0.3 is 0 Å². The molecule has 0 unspecified atom stereocenters. The predicted octanol–water partition coefficient (Wildman–Crippen LogP) is 1.43. The van der Waals surface area contributed by atoms with Crippen molar-refractivity contribution in [2.24, 2.45) is 0 Å². The van der Waals surface area contributed by atoms with Crippen molar-refractivity contribution >= 4 is 11.4 Å². The highest BCUT2D eigenvalue weighted by atomic mass is 16.6. The maximum atomic E-state index is 10.5. The van der Waals surface area contributed by atoms with Crippen LogP contribution in [0.1, 0.15) is 5.56 Å². The maximum absolute atomic E-state index is 10.5. The van der Waals surface area contributed by atoms with Crippen molar-refractivity contribution in [2.45, 2.75) is 6.61 Å². The van der Waals surface area contributed by atoms with Crippen molar-refractivity contribution in [1.29, 1.82) is 0 Å². The van der Waals surface area contributed by atoms with Crippen molar-refractivity contribution in [3.05, 3.63) is 44.0 Å². The Hall–Kier alpha value is -2.02. The predicted molar refractivity (Wildman–Crippen MR) is 44.1 cm³/mol. The van der Waals surface area contributed by atoms with Crippen LogP contribution in [-0.2, 0) is 11.7 Å². The third-order valence-electron chi connectivity index (χ3n) is 1.63. The van der Waals surface area contributed by atoms with E-state index in [2.05, 4.69) is 0 Å². The summed E-state index contributed by atoms with van der Waals surface area (Å²) in [5.74, 6) is 0. The van der Waals surface area contributed by atoms with E-state index in [4.69, 9.17) is 0 Å². The van der Waals surface area contributed by atoms with Gasteiger partial charge in [-0.25, -0.2) is 5.11 Å². The summed E-state index contributed by atoms with van der Waals surface area (Å²) in [7, 11) is 0. The van der Waals surface area contributed by atoms with Gasteiger partial charge in [-0.05, 0) is 6.07 Å². The number of nitro groups is 2. The molecule has 0 fully saturated rings. The summed E-state index contributed by atoms with van der Waals surface area (Å²) in [4.78, 5) is 19.1. The first-order valence-electron chi connectivity index (χ1n) is 3.56. The lowest BCUT2D eigenvalue weighted by Gasteiger charge is -1.98. The molecule has 14 heavy (non-hydrogen) atoms. The molecule has 0 heterocycles. The van der Waals surface area contributed by atoms with Crippen LogP contribution in [0.25, 0.3) is 0 Å². The van der Waals surface area contributed by atoms with E-state index in [-0.39, 0.29) is 5.56 Å². The van der Waals surface area contributed by atoms with Crippen LogP contribution in [0.5, 0.6) is 0 Å². The lowest BCUT2D eigenvalue weighted by atomic mass is 10.1. The third kappa shape index (κ3) is 1.67. The fraction of sp³-hybridized carbons (Fsp3) is 0.143. The number of rotatable bonds is 3. The van der Waals surface area contributed by atoms with E-state index >= 15 is 0 Å². The Balaban J connectivity index is 3.43. The summed E-state index contributed by atoms with van der Waals surface area (Å²) in [5, 5.41) is 31.4. The molecule has 1 rings (SSSR count). The third-order valence-corrected chi connectivity index (χ3v) is 1.63. The van der Waals surface area contributed by atoms with Crippen LogP contribution in [0.2, 0.25) is 0 Å². The van der Waals surface area contributed by atoms with Gasteiger partial charge in [0.05, 0.1) is 15.4 Å². The zero-order valence-corrected chi connectivity index (χ0v) is 6.87. The van der Waals surface area contributed by atoms with Gasteiger partial charge in [-0.1, -0.05) is 6.07 Å². The smallest absolute Gasteiger partial charge is 0.258 e. The lowest BCUT2D eigenvalue weighted by molar-refractivity contribution is -0.423. The second kappa shape index (κ2) is 3.79. The van der Waals surface area contributed by atoms with Gasteiger partial charge >= 0.3 is 11.4 Å². The van der Waals surface area contributed by atoms with Crippen LogP contribution >= 0.6 is 0 Å². The molecule has 1 aromatic rings. The van der Waals surface area contributed by atoms with Crippen LogP contribution in [-0.4, -0.2) is 9.85 Å². The monoisotopic (exact) mass is 197 g/mol. The zero-order chi connectivity index (χ0) is 10.7. The fourth-order valence-corrected chi connectivity index (χ4v) is 1.05. The van der Waals surface area contributed by atoms with Crippen LogP contribution in [0.15, 0.2) is 18.2 Å². The number of benzene rings is 1. The second-order valence-corrected chi connectivity index (χ2v) is 2.44. The van der Waals surface area contributed by atoms with E-state index in [0.717, 1.165) is 6.07 Å². The van der Waals surface area contributed by atoms with Crippen LogP contribution in [0.4, 0.5) is 11.4 Å². The molecule has 0 spiro atoms. The number of hydrogen-bond donors (Lipinski definition) is 0. The SMILES string of the molecule is [O]Cc1cccc([N+](=O)[O-])c1[N+](=O)[O-]. The minimum atomic E-state index is -0.911. The Morgan fingerprint density at radius 2 is 1.79 bits per heavy atom. The van der Waals surface area contributed by atoms with Crippen LogP contribution < -0.4 is 0 Å². The van der Waals surface area contributed by atoms with Gasteiger partial charge in [0.25, 0.3) is 0 Å².